The largest absolute Gasteiger partial charge is 0.383 e. The van der Waals surface area contributed by atoms with Gasteiger partial charge in [0.1, 0.15) is 17.5 Å². The standard InChI is InChI=1S/C20H16N6O2/c21-18-17-16(27)10-11-26(19(17)23-12-22-18)15-8-6-14(7-9-15)25-20(28)24-13-4-2-1-3-5-13/h1-12H,(H2,21,22,23)(H2,24,25,28). The van der Waals surface area contributed by atoms with E-state index in [0.717, 1.165) is 5.69 Å². The van der Waals surface area contributed by atoms with Crippen LogP contribution in [-0.2, 0) is 0 Å². The molecule has 0 atom stereocenters. The van der Waals surface area contributed by atoms with Crippen molar-refractivity contribution in [1.29, 1.82) is 0 Å². The third-order valence-electron chi connectivity index (χ3n) is 4.14. The molecule has 0 fully saturated rings. The minimum absolute atomic E-state index is 0.139. The van der Waals surface area contributed by atoms with E-state index in [4.69, 9.17) is 5.73 Å². The molecule has 28 heavy (non-hydrogen) atoms. The molecule has 0 saturated carbocycles. The van der Waals surface area contributed by atoms with Crippen molar-refractivity contribution >= 4 is 34.3 Å². The number of urea groups is 1. The van der Waals surface area contributed by atoms with Crippen LogP contribution in [0.4, 0.5) is 22.0 Å². The number of nitrogens with zero attached hydrogens (tertiary/aromatic N) is 3. The molecular weight excluding hydrogens is 356 g/mol. The Labute approximate surface area is 159 Å². The van der Waals surface area contributed by atoms with Crippen LogP contribution in [0.3, 0.4) is 0 Å². The van der Waals surface area contributed by atoms with Crippen LogP contribution in [0.1, 0.15) is 0 Å². The number of para-hydroxylation sites is 1. The molecule has 8 nitrogen and oxygen atoms in total. The first kappa shape index (κ1) is 17.2. The number of carbonyl (C=O) groups excluding carboxylic acids is 1. The fraction of sp³-hybridized carbons (Fsp3) is 0. The second-order valence-electron chi connectivity index (χ2n) is 6.00. The van der Waals surface area contributed by atoms with Crippen LogP contribution in [0.2, 0.25) is 0 Å². The smallest absolute Gasteiger partial charge is 0.323 e. The number of carbonyl (C=O) groups is 1. The van der Waals surface area contributed by atoms with E-state index in [1.807, 2.05) is 18.2 Å². The minimum Gasteiger partial charge on any atom is -0.383 e. The van der Waals surface area contributed by atoms with E-state index >= 15 is 0 Å². The van der Waals surface area contributed by atoms with Gasteiger partial charge in [0, 0.05) is 29.3 Å². The molecule has 2 aromatic carbocycles. The molecule has 0 unspecified atom stereocenters. The lowest BCUT2D eigenvalue weighted by Crippen LogP contribution is -2.19. The Morgan fingerprint density at radius 1 is 0.893 bits per heavy atom. The van der Waals surface area contributed by atoms with Crippen molar-refractivity contribution in [3.63, 3.8) is 0 Å². The third-order valence-corrected chi connectivity index (χ3v) is 4.14. The van der Waals surface area contributed by atoms with Gasteiger partial charge in [-0.3, -0.25) is 4.79 Å². The maximum absolute atomic E-state index is 12.1. The zero-order valence-electron chi connectivity index (χ0n) is 14.7. The van der Waals surface area contributed by atoms with Crippen LogP contribution in [-0.4, -0.2) is 20.6 Å². The molecule has 0 aliphatic rings. The van der Waals surface area contributed by atoms with Crippen molar-refractivity contribution in [1.82, 2.24) is 14.5 Å². The Kier molecular flexibility index (Phi) is 4.43. The number of amides is 2. The molecule has 138 valence electrons. The number of benzene rings is 2. The van der Waals surface area contributed by atoms with E-state index in [2.05, 4.69) is 20.6 Å². The number of aromatic nitrogens is 3. The van der Waals surface area contributed by atoms with Crippen molar-refractivity contribution in [3.05, 3.63) is 83.4 Å². The van der Waals surface area contributed by atoms with E-state index < -0.39 is 0 Å². The normalized spacial score (nSPS) is 10.6. The summed E-state index contributed by atoms with van der Waals surface area (Å²) in [7, 11) is 0. The summed E-state index contributed by atoms with van der Waals surface area (Å²) in [6.45, 7) is 0. The average Bonchev–Trinajstić information content (AvgIpc) is 2.70. The second-order valence-corrected chi connectivity index (χ2v) is 6.00. The summed E-state index contributed by atoms with van der Waals surface area (Å²) in [5.41, 5.74) is 8.10. The number of fused-ring (bicyclic) bond motifs is 1. The van der Waals surface area contributed by atoms with Gasteiger partial charge >= 0.3 is 6.03 Å². The average molecular weight is 372 g/mol. The molecule has 0 saturated heterocycles. The first-order chi connectivity index (χ1) is 13.6. The van der Waals surface area contributed by atoms with Crippen LogP contribution in [0, 0.1) is 0 Å². The van der Waals surface area contributed by atoms with Crippen molar-refractivity contribution < 1.29 is 4.79 Å². The summed E-state index contributed by atoms with van der Waals surface area (Å²) in [4.78, 5) is 32.2. The van der Waals surface area contributed by atoms with Crippen LogP contribution >= 0.6 is 0 Å². The number of nitrogens with one attached hydrogen (secondary N) is 2. The molecular formula is C20H16N6O2. The lowest BCUT2D eigenvalue weighted by Gasteiger charge is -2.12. The van der Waals surface area contributed by atoms with E-state index in [-0.39, 0.29) is 22.7 Å². The van der Waals surface area contributed by atoms with Gasteiger partial charge in [-0.05, 0) is 36.4 Å². The third kappa shape index (κ3) is 3.38. The summed E-state index contributed by atoms with van der Waals surface area (Å²) in [6, 6.07) is 17.4. The van der Waals surface area contributed by atoms with Crippen molar-refractivity contribution in [2.24, 2.45) is 0 Å². The van der Waals surface area contributed by atoms with Crippen molar-refractivity contribution in [3.8, 4) is 5.69 Å². The van der Waals surface area contributed by atoms with Gasteiger partial charge < -0.3 is 20.9 Å². The lowest BCUT2D eigenvalue weighted by atomic mass is 10.2. The van der Waals surface area contributed by atoms with E-state index in [1.165, 1.54) is 12.4 Å². The summed E-state index contributed by atoms with van der Waals surface area (Å²) in [6.07, 6.45) is 2.94. The molecule has 0 spiro atoms. The number of pyridine rings is 1. The van der Waals surface area contributed by atoms with Crippen LogP contribution in [0.25, 0.3) is 16.7 Å². The first-order valence-corrected chi connectivity index (χ1v) is 8.47. The number of hydrogen-bond acceptors (Lipinski definition) is 5. The molecule has 2 heterocycles. The maximum Gasteiger partial charge on any atom is 0.323 e. The van der Waals surface area contributed by atoms with E-state index in [1.54, 1.807) is 47.2 Å². The molecule has 4 rings (SSSR count). The molecule has 4 aromatic rings. The molecule has 2 amide bonds. The van der Waals surface area contributed by atoms with Gasteiger partial charge in [0.05, 0.1) is 0 Å². The predicted octanol–water partition coefficient (Wildman–Crippen LogP) is 3.01. The van der Waals surface area contributed by atoms with Crippen LogP contribution in [0.5, 0.6) is 0 Å². The first-order valence-electron chi connectivity index (χ1n) is 8.47. The monoisotopic (exact) mass is 372 g/mol. The molecule has 0 aliphatic heterocycles. The molecule has 8 heteroatoms. The fourth-order valence-electron chi connectivity index (χ4n) is 2.83. The van der Waals surface area contributed by atoms with Gasteiger partial charge in [0.2, 0.25) is 0 Å². The van der Waals surface area contributed by atoms with Crippen LogP contribution < -0.4 is 21.8 Å². The minimum atomic E-state index is -0.340. The lowest BCUT2D eigenvalue weighted by molar-refractivity contribution is 0.262. The Balaban J connectivity index is 1.58. The zero-order valence-corrected chi connectivity index (χ0v) is 14.7. The van der Waals surface area contributed by atoms with Crippen LogP contribution in [0.15, 0.2) is 78.0 Å². The summed E-state index contributed by atoms with van der Waals surface area (Å²) >= 11 is 0. The van der Waals surface area contributed by atoms with Gasteiger partial charge in [0.25, 0.3) is 0 Å². The Hall–Kier alpha value is -4.20. The summed E-state index contributed by atoms with van der Waals surface area (Å²) in [5.74, 6) is 0.139. The number of nitrogens with two attached hydrogens (primary N) is 1. The molecule has 0 radical (unpaired) electrons. The summed E-state index contributed by atoms with van der Waals surface area (Å²) in [5, 5.41) is 5.79. The van der Waals surface area contributed by atoms with Gasteiger partial charge in [-0.2, -0.15) is 0 Å². The van der Waals surface area contributed by atoms with Gasteiger partial charge in [-0.15, -0.1) is 0 Å². The number of nitrogen functional groups attached to an aromatic ring is 1. The van der Waals surface area contributed by atoms with E-state index in [0.29, 0.717) is 17.0 Å². The molecule has 2 aromatic heterocycles. The van der Waals surface area contributed by atoms with Gasteiger partial charge in [-0.25, -0.2) is 14.8 Å². The highest BCUT2D eigenvalue weighted by Gasteiger charge is 2.10. The number of anilines is 3. The quantitative estimate of drug-likeness (QED) is 0.511. The Morgan fingerprint density at radius 3 is 2.29 bits per heavy atom. The van der Waals surface area contributed by atoms with Crippen molar-refractivity contribution in [2.75, 3.05) is 16.4 Å². The topological polar surface area (TPSA) is 115 Å². The Morgan fingerprint density at radius 2 is 1.57 bits per heavy atom. The highest BCUT2D eigenvalue weighted by molar-refractivity contribution is 5.99. The SMILES string of the molecule is Nc1ncnc2c1c(=O)ccn2-c1ccc(NC(=O)Nc2ccccc2)cc1. The van der Waals surface area contributed by atoms with Gasteiger partial charge in [0.15, 0.2) is 11.1 Å². The second kappa shape index (κ2) is 7.20. The summed E-state index contributed by atoms with van der Waals surface area (Å²) < 4.78 is 1.74. The van der Waals surface area contributed by atoms with E-state index in [9.17, 15) is 9.59 Å². The molecule has 0 bridgehead atoms. The zero-order chi connectivity index (χ0) is 19.5. The maximum atomic E-state index is 12.1. The molecule has 0 aliphatic carbocycles. The van der Waals surface area contributed by atoms with Crippen molar-refractivity contribution in [2.45, 2.75) is 0 Å². The Bertz CT molecular complexity index is 1200. The molecule has 4 N–H and O–H groups in total. The highest BCUT2D eigenvalue weighted by atomic mass is 16.2. The number of rotatable bonds is 3. The predicted molar refractivity (Wildman–Crippen MR) is 109 cm³/mol. The fourth-order valence-corrected chi connectivity index (χ4v) is 2.83. The highest BCUT2D eigenvalue weighted by Crippen LogP contribution is 2.19. The number of hydrogen-bond donors (Lipinski definition) is 3. The van der Waals surface area contributed by atoms with Gasteiger partial charge in [-0.1, -0.05) is 18.2 Å².